The quantitative estimate of drug-likeness (QED) is 0.874. The van der Waals surface area contributed by atoms with Gasteiger partial charge in [-0.15, -0.1) is 11.3 Å². The van der Waals surface area contributed by atoms with Crippen LogP contribution in [-0.2, 0) is 6.54 Å². The molecule has 0 saturated heterocycles. The van der Waals surface area contributed by atoms with Crippen molar-refractivity contribution in [3.63, 3.8) is 0 Å². The van der Waals surface area contributed by atoms with E-state index in [1.165, 1.54) is 17.7 Å². The Morgan fingerprint density at radius 3 is 2.81 bits per heavy atom. The van der Waals surface area contributed by atoms with Crippen molar-refractivity contribution in [3.8, 4) is 0 Å². The van der Waals surface area contributed by atoms with Gasteiger partial charge in [-0.05, 0) is 51.5 Å². The van der Waals surface area contributed by atoms with Crippen LogP contribution in [0.5, 0.6) is 0 Å². The predicted octanol–water partition coefficient (Wildman–Crippen LogP) is 2.83. The fourth-order valence-corrected chi connectivity index (χ4v) is 3.58. The summed E-state index contributed by atoms with van der Waals surface area (Å²) in [6.07, 6.45) is 2.70. The van der Waals surface area contributed by atoms with Gasteiger partial charge >= 0.3 is 0 Å². The third-order valence-electron chi connectivity index (χ3n) is 3.44. The Labute approximate surface area is 107 Å². The molecular weight excluding hydrogens is 240 g/mol. The van der Waals surface area contributed by atoms with Crippen molar-refractivity contribution in [3.05, 3.63) is 21.3 Å². The lowest BCUT2D eigenvalue weighted by Gasteiger charge is -2.42. The highest BCUT2D eigenvalue weighted by molar-refractivity contribution is 7.16. The Hall–Kier alpha value is -0.0900. The van der Waals surface area contributed by atoms with Crippen LogP contribution in [0.4, 0.5) is 0 Å². The molecule has 1 N–H and O–H groups in total. The van der Waals surface area contributed by atoms with E-state index >= 15 is 0 Å². The largest absolute Gasteiger partial charge is 0.319 e. The van der Waals surface area contributed by atoms with Crippen LogP contribution in [0.15, 0.2) is 12.1 Å². The van der Waals surface area contributed by atoms with Gasteiger partial charge in [0.25, 0.3) is 0 Å². The normalized spacial score (nSPS) is 24.8. The minimum Gasteiger partial charge on any atom is -0.319 e. The number of hydrogen-bond acceptors (Lipinski definition) is 3. The molecule has 1 fully saturated rings. The average molecular weight is 259 g/mol. The van der Waals surface area contributed by atoms with Crippen LogP contribution in [-0.4, -0.2) is 31.6 Å². The summed E-state index contributed by atoms with van der Waals surface area (Å²) < 4.78 is 0.892. The zero-order chi connectivity index (χ0) is 11.5. The maximum absolute atomic E-state index is 5.94. The summed E-state index contributed by atoms with van der Waals surface area (Å²) in [6.45, 7) is 2.17. The van der Waals surface area contributed by atoms with Crippen molar-refractivity contribution < 1.29 is 0 Å². The lowest BCUT2D eigenvalue weighted by Crippen LogP contribution is -2.48. The fraction of sp³-hybridized carbons (Fsp3) is 0.667. The van der Waals surface area contributed by atoms with Gasteiger partial charge in [-0.3, -0.25) is 4.90 Å². The van der Waals surface area contributed by atoms with Crippen molar-refractivity contribution in [2.45, 2.75) is 25.4 Å². The van der Waals surface area contributed by atoms with Gasteiger partial charge in [-0.2, -0.15) is 0 Å². The predicted molar refractivity (Wildman–Crippen MR) is 71.2 cm³/mol. The first-order chi connectivity index (χ1) is 7.70. The molecule has 0 radical (unpaired) electrons. The van der Waals surface area contributed by atoms with Crippen LogP contribution in [0, 0.1) is 5.92 Å². The second kappa shape index (κ2) is 5.50. The molecular formula is C12H19ClN2S. The highest BCUT2D eigenvalue weighted by atomic mass is 35.5. The molecule has 2 atom stereocenters. The molecule has 1 aliphatic rings. The van der Waals surface area contributed by atoms with Crippen LogP contribution >= 0.6 is 22.9 Å². The molecule has 0 bridgehead atoms. The number of thiophene rings is 1. The van der Waals surface area contributed by atoms with E-state index in [9.17, 15) is 0 Å². The smallest absolute Gasteiger partial charge is 0.0931 e. The summed E-state index contributed by atoms with van der Waals surface area (Å²) in [5.74, 6) is 0.824. The molecule has 1 heterocycles. The van der Waals surface area contributed by atoms with Crippen molar-refractivity contribution >= 4 is 22.9 Å². The highest BCUT2D eigenvalue weighted by Crippen LogP contribution is 2.32. The lowest BCUT2D eigenvalue weighted by atomic mass is 9.78. The zero-order valence-electron chi connectivity index (χ0n) is 9.87. The number of nitrogens with one attached hydrogen (secondary N) is 1. The average Bonchev–Trinajstić information content (AvgIpc) is 2.58. The van der Waals surface area contributed by atoms with E-state index in [0.717, 1.165) is 29.4 Å². The maximum atomic E-state index is 5.94. The lowest BCUT2D eigenvalue weighted by molar-refractivity contribution is 0.0801. The van der Waals surface area contributed by atoms with Gasteiger partial charge < -0.3 is 5.32 Å². The van der Waals surface area contributed by atoms with E-state index in [2.05, 4.69) is 23.3 Å². The molecule has 90 valence electrons. The minimum atomic E-state index is 0.744. The second-order valence-electron chi connectivity index (χ2n) is 4.58. The van der Waals surface area contributed by atoms with Gasteiger partial charge in [-0.1, -0.05) is 11.6 Å². The summed E-state index contributed by atoms with van der Waals surface area (Å²) in [4.78, 5) is 3.83. The molecule has 0 amide bonds. The molecule has 1 aliphatic carbocycles. The first-order valence-electron chi connectivity index (χ1n) is 5.79. The van der Waals surface area contributed by atoms with Crippen LogP contribution in [0.3, 0.4) is 0 Å². The Balaban J connectivity index is 1.86. The first kappa shape index (κ1) is 12.4. The van der Waals surface area contributed by atoms with Gasteiger partial charge in [0.1, 0.15) is 0 Å². The molecule has 1 aromatic rings. The summed E-state index contributed by atoms with van der Waals surface area (Å²) in [5, 5.41) is 3.28. The molecule has 0 spiro atoms. The second-order valence-corrected chi connectivity index (χ2v) is 6.38. The zero-order valence-corrected chi connectivity index (χ0v) is 11.4. The number of halogens is 1. The fourth-order valence-electron chi connectivity index (χ4n) is 2.43. The minimum absolute atomic E-state index is 0.744. The molecule has 1 aromatic heterocycles. The molecule has 4 heteroatoms. The van der Waals surface area contributed by atoms with Crippen molar-refractivity contribution in [2.24, 2.45) is 5.92 Å². The van der Waals surface area contributed by atoms with Crippen molar-refractivity contribution in [2.75, 3.05) is 20.6 Å². The van der Waals surface area contributed by atoms with Crippen LogP contribution in [0.1, 0.15) is 17.7 Å². The first-order valence-corrected chi connectivity index (χ1v) is 6.99. The van der Waals surface area contributed by atoms with Gasteiger partial charge in [-0.25, -0.2) is 0 Å². The Morgan fingerprint density at radius 1 is 1.50 bits per heavy atom. The van der Waals surface area contributed by atoms with Gasteiger partial charge in [0.15, 0.2) is 0 Å². The van der Waals surface area contributed by atoms with Crippen LogP contribution in [0.2, 0.25) is 4.34 Å². The van der Waals surface area contributed by atoms with E-state index in [1.807, 2.05) is 13.1 Å². The Kier molecular flexibility index (Phi) is 4.25. The van der Waals surface area contributed by atoms with Gasteiger partial charge in [0.05, 0.1) is 4.34 Å². The van der Waals surface area contributed by atoms with Crippen molar-refractivity contribution in [1.29, 1.82) is 0 Å². The van der Waals surface area contributed by atoms with E-state index in [-0.39, 0.29) is 0 Å². The highest BCUT2D eigenvalue weighted by Gasteiger charge is 2.33. The molecule has 0 aromatic carbocycles. The SMILES string of the molecule is CNCC1CCC1N(C)Cc1ccc(Cl)s1. The molecule has 16 heavy (non-hydrogen) atoms. The molecule has 2 rings (SSSR count). The van der Waals surface area contributed by atoms with Crippen LogP contribution in [0.25, 0.3) is 0 Å². The number of hydrogen-bond donors (Lipinski definition) is 1. The Bertz CT molecular complexity index is 340. The molecule has 1 saturated carbocycles. The summed E-state index contributed by atoms with van der Waals surface area (Å²) in [6, 6.07) is 4.87. The van der Waals surface area contributed by atoms with E-state index in [4.69, 9.17) is 11.6 Å². The summed E-state index contributed by atoms with van der Waals surface area (Å²) >= 11 is 7.63. The molecule has 0 aliphatic heterocycles. The maximum Gasteiger partial charge on any atom is 0.0931 e. The van der Waals surface area contributed by atoms with Crippen LogP contribution < -0.4 is 5.32 Å². The summed E-state index contributed by atoms with van der Waals surface area (Å²) in [7, 11) is 4.26. The topological polar surface area (TPSA) is 15.3 Å². The number of rotatable bonds is 5. The van der Waals surface area contributed by atoms with Crippen molar-refractivity contribution in [1.82, 2.24) is 10.2 Å². The molecule has 2 nitrogen and oxygen atoms in total. The van der Waals surface area contributed by atoms with Gasteiger partial charge in [0.2, 0.25) is 0 Å². The van der Waals surface area contributed by atoms with Gasteiger partial charge in [0, 0.05) is 17.5 Å². The van der Waals surface area contributed by atoms with E-state index in [1.54, 1.807) is 11.3 Å². The standard InChI is InChI=1S/C12H19ClN2S/c1-14-7-9-3-5-11(9)15(2)8-10-4-6-12(13)16-10/h4,6,9,11,14H,3,5,7-8H2,1-2H3. The number of nitrogens with zero attached hydrogens (tertiary/aromatic N) is 1. The molecule has 2 unspecified atom stereocenters. The third kappa shape index (κ3) is 2.77. The Morgan fingerprint density at radius 2 is 2.31 bits per heavy atom. The van der Waals surface area contributed by atoms with E-state index in [0.29, 0.717) is 0 Å². The monoisotopic (exact) mass is 258 g/mol. The van der Waals surface area contributed by atoms with E-state index < -0.39 is 0 Å². The third-order valence-corrected chi connectivity index (χ3v) is 4.66. The summed E-state index contributed by atoms with van der Waals surface area (Å²) in [5.41, 5.74) is 0.